The Kier molecular flexibility index (Phi) is 9.90. The molecule has 0 spiro atoms. The number of hydrogen-bond acceptors (Lipinski definition) is 5. The second kappa shape index (κ2) is 10.5. The second-order valence-corrected chi connectivity index (χ2v) is 4.34. The third-order valence-corrected chi connectivity index (χ3v) is 2.85. The summed E-state index contributed by atoms with van der Waals surface area (Å²) in [5, 5.41) is 3.03. The highest BCUT2D eigenvalue weighted by atomic mass is 35.5. The van der Waals surface area contributed by atoms with Crippen LogP contribution in [0.25, 0.3) is 0 Å². The van der Waals surface area contributed by atoms with Crippen LogP contribution in [0.3, 0.4) is 0 Å². The predicted molar refractivity (Wildman–Crippen MR) is 84.7 cm³/mol. The molecule has 0 saturated carbocycles. The van der Waals surface area contributed by atoms with E-state index in [1.54, 1.807) is 7.11 Å². The van der Waals surface area contributed by atoms with E-state index in [0.29, 0.717) is 48.4 Å². The smallest absolute Gasteiger partial charge is 0.255 e. The summed E-state index contributed by atoms with van der Waals surface area (Å²) in [6.07, 6.45) is 0. The van der Waals surface area contributed by atoms with Crippen LogP contribution in [-0.2, 0) is 9.47 Å². The molecule has 3 N–H and O–H groups in total. The lowest BCUT2D eigenvalue weighted by Crippen LogP contribution is -2.28. The Bertz CT molecular complexity index is 458. The number of halogens is 2. The van der Waals surface area contributed by atoms with E-state index in [-0.39, 0.29) is 18.3 Å². The van der Waals surface area contributed by atoms with Crippen molar-refractivity contribution in [2.24, 2.45) is 0 Å². The van der Waals surface area contributed by atoms with Crippen LogP contribution in [0.15, 0.2) is 12.1 Å². The standard InChI is InChI=1S/C13H19ClN2O4.ClH/c1-18-5-6-20-4-3-16-13(17)9-7-10(14)11(15)8-12(9)19-2;/h7-8H,3-6,15H2,1-2H3,(H,16,17);1H. The summed E-state index contributed by atoms with van der Waals surface area (Å²) in [4.78, 5) is 12.0. The maximum atomic E-state index is 12.0. The number of amides is 1. The van der Waals surface area contributed by atoms with E-state index in [2.05, 4.69) is 5.32 Å². The molecule has 0 aliphatic heterocycles. The molecule has 0 aliphatic carbocycles. The molecule has 1 aromatic carbocycles. The molecule has 0 heterocycles. The van der Waals surface area contributed by atoms with Gasteiger partial charge >= 0.3 is 0 Å². The lowest BCUT2D eigenvalue weighted by Gasteiger charge is -2.11. The van der Waals surface area contributed by atoms with Crippen molar-refractivity contribution in [2.45, 2.75) is 0 Å². The van der Waals surface area contributed by atoms with Gasteiger partial charge in [0.2, 0.25) is 0 Å². The van der Waals surface area contributed by atoms with Crippen molar-refractivity contribution in [1.29, 1.82) is 0 Å². The van der Waals surface area contributed by atoms with E-state index in [4.69, 9.17) is 31.5 Å². The minimum absolute atomic E-state index is 0. The van der Waals surface area contributed by atoms with Gasteiger partial charge in [-0.25, -0.2) is 0 Å². The van der Waals surface area contributed by atoms with Crippen LogP contribution in [0.4, 0.5) is 5.69 Å². The van der Waals surface area contributed by atoms with Gasteiger partial charge in [-0.3, -0.25) is 4.79 Å². The highest BCUT2D eigenvalue weighted by Crippen LogP contribution is 2.28. The van der Waals surface area contributed by atoms with Crippen LogP contribution in [0.2, 0.25) is 5.02 Å². The van der Waals surface area contributed by atoms with Gasteiger partial charge in [0.25, 0.3) is 5.91 Å². The number of methoxy groups -OCH3 is 2. The molecule has 0 radical (unpaired) electrons. The van der Waals surface area contributed by atoms with Crippen LogP contribution in [0.1, 0.15) is 10.4 Å². The lowest BCUT2D eigenvalue weighted by atomic mass is 10.1. The number of carbonyl (C=O) groups excluding carboxylic acids is 1. The monoisotopic (exact) mass is 338 g/mol. The van der Waals surface area contributed by atoms with Crippen molar-refractivity contribution >= 4 is 35.6 Å². The molecule has 0 aromatic heterocycles. The third-order valence-electron chi connectivity index (χ3n) is 2.53. The van der Waals surface area contributed by atoms with Crippen molar-refractivity contribution in [3.05, 3.63) is 22.7 Å². The number of carbonyl (C=O) groups is 1. The molecule has 0 saturated heterocycles. The SMILES string of the molecule is COCCOCCNC(=O)c1cc(Cl)c(N)cc1OC.Cl. The zero-order valence-corrected chi connectivity index (χ0v) is 13.6. The Morgan fingerprint density at radius 3 is 2.62 bits per heavy atom. The van der Waals surface area contributed by atoms with E-state index < -0.39 is 0 Å². The van der Waals surface area contributed by atoms with Gasteiger partial charge in [-0.05, 0) is 6.07 Å². The molecule has 0 fully saturated rings. The summed E-state index contributed by atoms with van der Waals surface area (Å²) in [7, 11) is 3.07. The zero-order valence-electron chi connectivity index (χ0n) is 12.0. The Balaban J connectivity index is 0.00000400. The molecular weight excluding hydrogens is 319 g/mol. The van der Waals surface area contributed by atoms with Gasteiger partial charge in [-0.1, -0.05) is 11.6 Å². The average molecular weight is 339 g/mol. The summed E-state index contributed by atoms with van der Waals surface area (Å²) < 4.78 is 15.2. The van der Waals surface area contributed by atoms with Crippen molar-refractivity contribution in [1.82, 2.24) is 5.32 Å². The van der Waals surface area contributed by atoms with E-state index in [1.807, 2.05) is 0 Å². The molecule has 8 heteroatoms. The fourth-order valence-corrected chi connectivity index (χ4v) is 1.66. The molecule has 0 bridgehead atoms. The first-order chi connectivity index (χ1) is 9.60. The largest absolute Gasteiger partial charge is 0.496 e. The molecule has 6 nitrogen and oxygen atoms in total. The van der Waals surface area contributed by atoms with Gasteiger partial charge in [0.1, 0.15) is 5.75 Å². The zero-order chi connectivity index (χ0) is 15.0. The van der Waals surface area contributed by atoms with E-state index >= 15 is 0 Å². The maximum Gasteiger partial charge on any atom is 0.255 e. The highest BCUT2D eigenvalue weighted by molar-refractivity contribution is 6.33. The fraction of sp³-hybridized carbons (Fsp3) is 0.462. The van der Waals surface area contributed by atoms with E-state index in [1.165, 1.54) is 19.2 Å². The van der Waals surface area contributed by atoms with Crippen LogP contribution in [0, 0.1) is 0 Å². The quantitative estimate of drug-likeness (QED) is 0.557. The first-order valence-electron chi connectivity index (χ1n) is 6.08. The fourth-order valence-electron chi connectivity index (χ4n) is 1.49. The molecule has 1 amide bonds. The normalized spacial score (nSPS) is 9.86. The minimum atomic E-state index is -0.293. The number of rotatable bonds is 8. The predicted octanol–water partition coefficient (Wildman–Crippen LogP) is 1.75. The molecule has 0 unspecified atom stereocenters. The van der Waals surface area contributed by atoms with Gasteiger partial charge in [-0.2, -0.15) is 0 Å². The van der Waals surface area contributed by atoms with Gasteiger partial charge in [0, 0.05) is 19.7 Å². The number of nitrogens with two attached hydrogens (primary N) is 1. The molecule has 120 valence electrons. The third kappa shape index (κ3) is 6.39. The number of benzene rings is 1. The first-order valence-corrected chi connectivity index (χ1v) is 6.45. The lowest BCUT2D eigenvalue weighted by molar-refractivity contribution is 0.0692. The molecule has 1 rings (SSSR count). The first kappa shape index (κ1) is 19.8. The molecule has 1 aromatic rings. The van der Waals surface area contributed by atoms with Crippen molar-refractivity contribution in [2.75, 3.05) is 46.3 Å². The molecule has 21 heavy (non-hydrogen) atoms. The van der Waals surface area contributed by atoms with E-state index in [9.17, 15) is 4.79 Å². The van der Waals surface area contributed by atoms with Crippen LogP contribution >= 0.6 is 24.0 Å². The van der Waals surface area contributed by atoms with Crippen molar-refractivity contribution < 1.29 is 19.0 Å². The number of nitrogens with one attached hydrogen (secondary N) is 1. The number of hydrogen-bond donors (Lipinski definition) is 2. The van der Waals surface area contributed by atoms with Crippen molar-refractivity contribution in [3.8, 4) is 5.75 Å². The summed E-state index contributed by atoms with van der Waals surface area (Å²) >= 11 is 5.91. The van der Waals surface area contributed by atoms with E-state index in [0.717, 1.165) is 0 Å². The molecule has 0 atom stereocenters. The topological polar surface area (TPSA) is 82.8 Å². The van der Waals surface area contributed by atoms with Gasteiger partial charge in [-0.15, -0.1) is 12.4 Å². The minimum Gasteiger partial charge on any atom is -0.496 e. The number of anilines is 1. The maximum absolute atomic E-state index is 12.0. The Morgan fingerprint density at radius 2 is 2.00 bits per heavy atom. The summed E-state index contributed by atoms with van der Waals surface area (Å²) in [5.41, 5.74) is 6.36. The van der Waals surface area contributed by atoms with Gasteiger partial charge < -0.3 is 25.3 Å². The van der Waals surface area contributed by atoms with Gasteiger partial charge in [0.05, 0.1) is 43.2 Å². The summed E-state index contributed by atoms with van der Waals surface area (Å²) in [6.45, 7) is 1.80. The summed E-state index contributed by atoms with van der Waals surface area (Å²) in [6, 6.07) is 3.00. The highest BCUT2D eigenvalue weighted by Gasteiger charge is 2.14. The molecule has 0 aliphatic rings. The van der Waals surface area contributed by atoms with Crippen LogP contribution in [-0.4, -0.2) is 46.5 Å². The molecular formula is C13H20Cl2N2O4. The second-order valence-electron chi connectivity index (χ2n) is 3.94. The van der Waals surface area contributed by atoms with Crippen LogP contribution < -0.4 is 15.8 Å². The average Bonchev–Trinajstić information content (AvgIpc) is 2.44. The summed E-state index contributed by atoms with van der Waals surface area (Å²) in [5.74, 6) is 0.0868. The van der Waals surface area contributed by atoms with Crippen LogP contribution in [0.5, 0.6) is 5.75 Å². The Morgan fingerprint density at radius 1 is 1.29 bits per heavy atom. The van der Waals surface area contributed by atoms with Crippen molar-refractivity contribution in [3.63, 3.8) is 0 Å². The number of ether oxygens (including phenoxy) is 3. The number of nitrogen functional groups attached to an aromatic ring is 1. The Hall–Kier alpha value is -1.21. The van der Waals surface area contributed by atoms with Gasteiger partial charge in [0.15, 0.2) is 0 Å². The Labute approximate surface area is 135 Å².